The Morgan fingerprint density at radius 1 is 1.07 bits per heavy atom. The molecule has 0 aliphatic carbocycles. The lowest BCUT2D eigenvalue weighted by Crippen LogP contribution is -2.69. The zero-order chi connectivity index (χ0) is 21.2. The van der Waals surface area contributed by atoms with Crippen LogP contribution in [0.3, 0.4) is 0 Å². The number of carbonyl (C=O) groups is 2. The molecule has 1 heterocycles. The monoisotopic (exact) mass is 397 g/mol. The van der Waals surface area contributed by atoms with Gasteiger partial charge in [0.25, 0.3) is 5.91 Å². The van der Waals surface area contributed by atoms with Crippen LogP contribution in [0.4, 0.5) is 4.79 Å². The highest BCUT2D eigenvalue weighted by Gasteiger charge is 2.64. The molecule has 0 bridgehead atoms. The molecule has 2 aromatic carbocycles. The van der Waals surface area contributed by atoms with Crippen molar-refractivity contribution < 1.29 is 23.9 Å². The SMILES string of the molecule is CC(C)(C)[N+]1(C(=O)O)[C@@H](c2ccc(OCc3ccccc3)cc2)CC[C@H]1C(N)=O. The number of carbonyl (C=O) groups excluding carboxylic acids is 1. The van der Waals surface area contributed by atoms with Crippen molar-refractivity contribution in [3.63, 3.8) is 0 Å². The first-order chi connectivity index (χ1) is 13.7. The van der Waals surface area contributed by atoms with Gasteiger partial charge in [0.2, 0.25) is 0 Å². The van der Waals surface area contributed by atoms with Crippen molar-refractivity contribution in [2.45, 2.75) is 57.8 Å². The molecule has 29 heavy (non-hydrogen) atoms. The third-order valence-electron chi connectivity index (χ3n) is 5.96. The summed E-state index contributed by atoms with van der Waals surface area (Å²) < 4.78 is 5.46. The number of rotatable bonds is 5. The Labute approximate surface area is 171 Å². The lowest BCUT2D eigenvalue weighted by atomic mass is 9.94. The van der Waals surface area contributed by atoms with Gasteiger partial charge in [0, 0.05) is 18.4 Å². The van der Waals surface area contributed by atoms with Gasteiger partial charge >= 0.3 is 6.09 Å². The van der Waals surface area contributed by atoms with Crippen molar-refractivity contribution in [3.05, 3.63) is 65.7 Å². The second kappa shape index (κ2) is 7.87. The van der Waals surface area contributed by atoms with Crippen molar-refractivity contribution >= 4 is 12.0 Å². The van der Waals surface area contributed by atoms with E-state index in [0.717, 1.165) is 11.1 Å². The molecule has 1 unspecified atom stereocenters. The van der Waals surface area contributed by atoms with E-state index in [9.17, 15) is 14.7 Å². The quantitative estimate of drug-likeness (QED) is 0.738. The Balaban J connectivity index is 1.88. The van der Waals surface area contributed by atoms with Crippen LogP contribution in [0.5, 0.6) is 5.75 Å². The molecule has 1 aliphatic heterocycles. The van der Waals surface area contributed by atoms with Gasteiger partial charge < -0.3 is 15.6 Å². The number of nitrogens with zero attached hydrogens (tertiary/aromatic N) is 1. The van der Waals surface area contributed by atoms with E-state index in [0.29, 0.717) is 25.2 Å². The first kappa shape index (κ1) is 20.9. The molecule has 1 saturated heterocycles. The van der Waals surface area contributed by atoms with Crippen LogP contribution in [-0.2, 0) is 11.4 Å². The van der Waals surface area contributed by atoms with E-state index in [1.807, 2.05) is 75.4 Å². The highest BCUT2D eigenvalue weighted by atomic mass is 16.5. The lowest BCUT2D eigenvalue weighted by molar-refractivity contribution is -0.933. The van der Waals surface area contributed by atoms with Crippen LogP contribution in [0.2, 0.25) is 0 Å². The van der Waals surface area contributed by atoms with Gasteiger partial charge in [0.15, 0.2) is 6.04 Å². The van der Waals surface area contributed by atoms with Crippen LogP contribution >= 0.6 is 0 Å². The molecule has 0 aromatic heterocycles. The van der Waals surface area contributed by atoms with Crippen LogP contribution in [0.15, 0.2) is 54.6 Å². The summed E-state index contributed by atoms with van der Waals surface area (Å²) in [6.45, 7) is 6.02. The van der Waals surface area contributed by atoms with Gasteiger partial charge in [-0.2, -0.15) is 4.79 Å². The summed E-state index contributed by atoms with van der Waals surface area (Å²) in [7, 11) is 0. The molecular formula is C23H29N2O4+. The summed E-state index contributed by atoms with van der Waals surface area (Å²) in [5.41, 5.74) is 6.88. The van der Waals surface area contributed by atoms with Gasteiger partial charge in [0.1, 0.15) is 23.9 Å². The highest BCUT2D eigenvalue weighted by molar-refractivity contribution is 5.81. The van der Waals surface area contributed by atoms with Gasteiger partial charge in [-0.1, -0.05) is 30.3 Å². The lowest BCUT2D eigenvalue weighted by Gasteiger charge is -2.47. The molecule has 3 rings (SSSR count). The predicted molar refractivity (Wildman–Crippen MR) is 110 cm³/mol. The maximum absolute atomic E-state index is 12.5. The van der Waals surface area contributed by atoms with E-state index in [1.54, 1.807) is 0 Å². The maximum Gasteiger partial charge on any atom is 0.515 e. The fraction of sp³-hybridized carbons (Fsp3) is 0.391. The van der Waals surface area contributed by atoms with E-state index in [2.05, 4.69) is 0 Å². The molecule has 0 spiro atoms. The highest BCUT2D eigenvalue weighted by Crippen LogP contribution is 2.49. The predicted octanol–water partition coefficient (Wildman–Crippen LogP) is 4.25. The Morgan fingerprint density at radius 3 is 2.21 bits per heavy atom. The average molecular weight is 397 g/mol. The Hall–Kier alpha value is -2.86. The third-order valence-corrected chi connectivity index (χ3v) is 5.96. The fourth-order valence-electron chi connectivity index (χ4n) is 4.70. The minimum absolute atomic E-state index is 0.354. The summed E-state index contributed by atoms with van der Waals surface area (Å²) in [4.78, 5) is 24.7. The number of carboxylic acid groups (broad SMARTS) is 1. The number of nitrogens with two attached hydrogens (primary N) is 1. The van der Waals surface area contributed by atoms with Crippen LogP contribution in [0.1, 0.15) is 50.8 Å². The molecular weight excluding hydrogens is 368 g/mol. The van der Waals surface area contributed by atoms with Gasteiger partial charge in [-0.25, -0.2) is 4.48 Å². The van der Waals surface area contributed by atoms with Crippen LogP contribution in [0, 0.1) is 0 Å². The van der Waals surface area contributed by atoms with Crippen LogP contribution < -0.4 is 10.5 Å². The normalized spacial score (nSPS) is 24.2. The first-order valence-corrected chi connectivity index (χ1v) is 9.86. The van der Waals surface area contributed by atoms with Crippen molar-refractivity contribution in [2.24, 2.45) is 5.73 Å². The van der Waals surface area contributed by atoms with Gasteiger partial charge in [-0.15, -0.1) is 0 Å². The van der Waals surface area contributed by atoms with Gasteiger partial charge in [0.05, 0.1) is 0 Å². The zero-order valence-corrected chi connectivity index (χ0v) is 17.2. The van der Waals surface area contributed by atoms with E-state index in [4.69, 9.17) is 10.5 Å². The van der Waals surface area contributed by atoms with E-state index in [1.165, 1.54) is 0 Å². The molecule has 1 aliphatic rings. The standard InChI is InChI=1S/C23H28N2O4/c1-23(2,3)25(22(27)28)19(13-14-20(25)21(24)26)17-9-11-18(12-10-17)29-15-16-7-5-4-6-8-16/h4-12,19-20H,13-15H2,1-3H3,(H2-,24,26,27,28)/p+1/t19-,20+,25?/m1/s1. The van der Waals surface area contributed by atoms with E-state index in [-0.39, 0.29) is 10.5 Å². The number of hydrogen-bond donors (Lipinski definition) is 2. The maximum atomic E-state index is 12.5. The number of hydrogen-bond acceptors (Lipinski definition) is 3. The van der Waals surface area contributed by atoms with Crippen molar-refractivity contribution in [1.29, 1.82) is 0 Å². The summed E-state index contributed by atoms with van der Waals surface area (Å²) in [6.07, 6.45) is 0.0187. The smallest absolute Gasteiger partial charge is 0.489 e. The molecule has 0 saturated carbocycles. The fourth-order valence-corrected chi connectivity index (χ4v) is 4.70. The zero-order valence-electron chi connectivity index (χ0n) is 17.2. The summed E-state index contributed by atoms with van der Waals surface area (Å²) >= 11 is 0. The third kappa shape index (κ3) is 3.72. The summed E-state index contributed by atoms with van der Waals surface area (Å²) in [6, 6.07) is 16.3. The van der Waals surface area contributed by atoms with Crippen molar-refractivity contribution in [3.8, 4) is 5.75 Å². The second-order valence-electron chi connectivity index (χ2n) is 8.59. The number of ether oxygens (including phenoxy) is 1. The number of amides is 2. The van der Waals surface area contributed by atoms with Gasteiger partial charge in [-0.3, -0.25) is 4.79 Å². The molecule has 6 nitrogen and oxygen atoms in total. The molecule has 2 amide bonds. The number of likely N-dealkylation sites (tertiary alicyclic amines) is 1. The number of primary amides is 1. The average Bonchev–Trinajstić information content (AvgIpc) is 3.10. The molecule has 1 fully saturated rings. The molecule has 154 valence electrons. The first-order valence-electron chi connectivity index (χ1n) is 9.86. The van der Waals surface area contributed by atoms with Crippen LogP contribution in [-0.4, -0.2) is 33.2 Å². The van der Waals surface area contributed by atoms with E-state index < -0.39 is 23.6 Å². The summed E-state index contributed by atoms with van der Waals surface area (Å²) in [5, 5.41) is 10.3. The largest absolute Gasteiger partial charge is 0.515 e. The molecule has 3 atom stereocenters. The second-order valence-corrected chi connectivity index (χ2v) is 8.59. The Kier molecular flexibility index (Phi) is 5.66. The Bertz CT molecular complexity index is 874. The summed E-state index contributed by atoms with van der Waals surface area (Å²) in [5.74, 6) is 0.152. The minimum atomic E-state index is -1.02. The Morgan fingerprint density at radius 2 is 1.69 bits per heavy atom. The molecule has 6 heteroatoms. The minimum Gasteiger partial charge on any atom is -0.489 e. The van der Waals surface area contributed by atoms with Crippen LogP contribution in [0.25, 0.3) is 0 Å². The molecule has 3 N–H and O–H groups in total. The van der Waals surface area contributed by atoms with E-state index >= 15 is 0 Å². The number of benzene rings is 2. The van der Waals surface area contributed by atoms with Crippen molar-refractivity contribution in [2.75, 3.05) is 0 Å². The van der Waals surface area contributed by atoms with Gasteiger partial charge in [-0.05, 0) is 50.6 Å². The molecule has 0 radical (unpaired) electrons. The topological polar surface area (TPSA) is 89.6 Å². The van der Waals surface area contributed by atoms with Crippen molar-refractivity contribution in [1.82, 2.24) is 0 Å². The number of quaternary nitrogens is 1. The molecule has 2 aromatic rings.